The van der Waals surface area contributed by atoms with E-state index >= 15 is 0 Å². The number of rotatable bonds is 6. The first-order chi connectivity index (χ1) is 6.10. The van der Waals surface area contributed by atoms with Crippen LogP contribution in [0.3, 0.4) is 0 Å². The van der Waals surface area contributed by atoms with Crippen molar-refractivity contribution in [1.82, 2.24) is 5.32 Å². The molecule has 0 aliphatic heterocycles. The van der Waals surface area contributed by atoms with Crippen LogP contribution in [0.4, 0.5) is 0 Å². The lowest BCUT2D eigenvalue weighted by molar-refractivity contribution is -0.137. The molecule has 0 saturated heterocycles. The van der Waals surface area contributed by atoms with Crippen LogP contribution in [0, 0.1) is 0 Å². The lowest BCUT2D eigenvalue weighted by Gasteiger charge is -2.13. The summed E-state index contributed by atoms with van der Waals surface area (Å²) in [6.07, 6.45) is 2.31. The molecule has 0 fully saturated rings. The van der Waals surface area contributed by atoms with Gasteiger partial charge in [0.15, 0.2) is 0 Å². The minimum Gasteiger partial charge on any atom is -0.481 e. The van der Waals surface area contributed by atoms with Crippen molar-refractivity contribution < 1.29 is 14.7 Å². The molecule has 4 heteroatoms. The van der Waals surface area contributed by atoms with Gasteiger partial charge in [-0.1, -0.05) is 13.0 Å². The maximum atomic E-state index is 11.0. The van der Waals surface area contributed by atoms with Gasteiger partial charge in [0.25, 0.3) is 0 Å². The number of hydrogen-bond acceptors (Lipinski definition) is 2. The first-order valence-electron chi connectivity index (χ1n) is 4.22. The number of nitrogens with one attached hydrogen (secondary N) is 1. The second kappa shape index (κ2) is 6.22. The normalized spacial score (nSPS) is 11.8. The quantitative estimate of drug-likeness (QED) is 0.605. The third kappa shape index (κ3) is 5.90. The van der Waals surface area contributed by atoms with Gasteiger partial charge in [-0.3, -0.25) is 9.59 Å². The molecule has 0 aromatic carbocycles. The lowest BCUT2D eigenvalue weighted by Crippen LogP contribution is -2.35. The smallest absolute Gasteiger partial charge is 0.305 e. The van der Waals surface area contributed by atoms with E-state index in [1.165, 1.54) is 6.08 Å². The summed E-state index contributed by atoms with van der Waals surface area (Å²) in [4.78, 5) is 21.4. The van der Waals surface area contributed by atoms with Crippen molar-refractivity contribution in [2.45, 2.75) is 32.2 Å². The van der Waals surface area contributed by atoms with Gasteiger partial charge < -0.3 is 10.4 Å². The lowest BCUT2D eigenvalue weighted by atomic mass is 10.1. The van der Waals surface area contributed by atoms with E-state index in [9.17, 15) is 9.59 Å². The van der Waals surface area contributed by atoms with Crippen molar-refractivity contribution in [3.63, 3.8) is 0 Å². The van der Waals surface area contributed by atoms with Gasteiger partial charge in [-0.15, -0.1) is 6.58 Å². The topological polar surface area (TPSA) is 66.4 Å². The molecule has 1 unspecified atom stereocenters. The van der Waals surface area contributed by atoms with Crippen LogP contribution in [0.1, 0.15) is 26.2 Å². The Bertz CT molecular complexity index is 201. The maximum absolute atomic E-state index is 11.0. The molecule has 0 aromatic heterocycles. The fraction of sp³-hybridized carbons (Fsp3) is 0.556. The summed E-state index contributed by atoms with van der Waals surface area (Å²) in [5, 5.41) is 11.1. The molecule has 2 N–H and O–H groups in total. The first-order valence-corrected chi connectivity index (χ1v) is 4.22. The minimum atomic E-state index is -0.897. The molecule has 1 amide bonds. The molecule has 0 heterocycles. The van der Waals surface area contributed by atoms with E-state index in [1.54, 1.807) is 0 Å². The first kappa shape index (κ1) is 11.7. The van der Waals surface area contributed by atoms with E-state index in [4.69, 9.17) is 5.11 Å². The number of carbonyl (C=O) groups excluding carboxylic acids is 1. The Morgan fingerprint density at radius 1 is 1.62 bits per heavy atom. The predicted molar refractivity (Wildman–Crippen MR) is 49.3 cm³/mol. The van der Waals surface area contributed by atoms with Gasteiger partial charge in [0.2, 0.25) is 5.91 Å². The molecule has 0 aliphatic rings. The highest BCUT2D eigenvalue weighted by atomic mass is 16.4. The van der Waals surface area contributed by atoms with E-state index in [0.29, 0.717) is 6.42 Å². The number of carboxylic acid groups (broad SMARTS) is 1. The van der Waals surface area contributed by atoms with Crippen molar-refractivity contribution in [1.29, 1.82) is 0 Å². The fourth-order valence-electron chi connectivity index (χ4n) is 0.926. The maximum Gasteiger partial charge on any atom is 0.305 e. The molecule has 74 valence electrons. The zero-order chi connectivity index (χ0) is 10.3. The second-order valence-electron chi connectivity index (χ2n) is 2.76. The van der Waals surface area contributed by atoms with Crippen LogP contribution in [0.5, 0.6) is 0 Å². The second-order valence-corrected chi connectivity index (χ2v) is 2.76. The highest BCUT2D eigenvalue weighted by Crippen LogP contribution is 1.98. The van der Waals surface area contributed by atoms with Gasteiger partial charge in [0.05, 0.1) is 6.42 Å². The van der Waals surface area contributed by atoms with E-state index in [-0.39, 0.29) is 24.8 Å². The Balaban J connectivity index is 3.89. The predicted octanol–water partition coefficient (Wildman–Crippen LogP) is 0.932. The molecule has 1 atom stereocenters. The van der Waals surface area contributed by atoms with Crippen LogP contribution in [-0.2, 0) is 9.59 Å². The molecular formula is C9H15NO3. The molecule has 0 saturated carbocycles. The van der Waals surface area contributed by atoms with Crippen LogP contribution in [0.25, 0.3) is 0 Å². The van der Waals surface area contributed by atoms with E-state index in [2.05, 4.69) is 11.9 Å². The molecular weight excluding hydrogens is 170 g/mol. The number of carbonyl (C=O) groups is 2. The van der Waals surface area contributed by atoms with E-state index in [0.717, 1.165) is 0 Å². The summed E-state index contributed by atoms with van der Waals surface area (Å²) in [6.45, 7) is 5.25. The molecule has 4 nitrogen and oxygen atoms in total. The Labute approximate surface area is 77.6 Å². The third-order valence-electron chi connectivity index (χ3n) is 1.61. The van der Waals surface area contributed by atoms with Gasteiger partial charge in [-0.05, 0) is 6.42 Å². The van der Waals surface area contributed by atoms with Gasteiger partial charge >= 0.3 is 5.97 Å². The van der Waals surface area contributed by atoms with E-state index < -0.39 is 5.97 Å². The average Bonchev–Trinajstić information content (AvgIpc) is 2.02. The summed E-state index contributed by atoms with van der Waals surface area (Å²) >= 11 is 0. The van der Waals surface area contributed by atoms with Crippen LogP contribution in [0.2, 0.25) is 0 Å². The standard InChI is InChI=1S/C9H15NO3/c1-3-5-8(11)10-7(4-2)6-9(12)13/h3,7H,1,4-6H2,2H3,(H,10,11)(H,12,13). The van der Waals surface area contributed by atoms with Crippen molar-refractivity contribution in [2.75, 3.05) is 0 Å². The largest absolute Gasteiger partial charge is 0.481 e. The van der Waals surface area contributed by atoms with Gasteiger partial charge in [-0.2, -0.15) is 0 Å². The summed E-state index contributed by atoms with van der Waals surface area (Å²) < 4.78 is 0. The Morgan fingerprint density at radius 3 is 2.62 bits per heavy atom. The van der Waals surface area contributed by atoms with E-state index in [1.807, 2.05) is 6.92 Å². The number of aliphatic carboxylic acids is 1. The van der Waals surface area contributed by atoms with Gasteiger partial charge in [0.1, 0.15) is 0 Å². The number of hydrogen-bond donors (Lipinski definition) is 2. The molecule has 0 aromatic rings. The molecule has 0 bridgehead atoms. The zero-order valence-electron chi connectivity index (χ0n) is 7.75. The van der Waals surface area contributed by atoms with Crippen LogP contribution in [-0.4, -0.2) is 23.0 Å². The van der Waals surface area contributed by atoms with Gasteiger partial charge in [-0.25, -0.2) is 0 Å². The molecule has 0 radical (unpaired) electrons. The zero-order valence-corrected chi connectivity index (χ0v) is 7.75. The Hall–Kier alpha value is -1.32. The Kier molecular flexibility index (Phi) is 5.59. The van der Waals surface area contributed by atoms with Crippen molar-refractivity contribution in [3.05, 3.63) is 12.7 Å². The van der Waals surface area contributed by atoms with Crippen LogP contribution >= 0.6 is 0 Å². The monoisotopic (exact) mass is 185 g/mol. The highest BCUT2D eigenvalue weighted by Gasteiger charge is 2.12. The summed E-state index contributed by atoms with van der Waals surface area (Å²) in [6, 6.07) is -0.273. The minimum absolute atomic E-state index is 0.0284. The van der Waals surface area contributed by atoms with Crippen molar-refractivity contribution >= 4 is 11.9 Å². The Morgan fingerprint density at radius 2 is 2.23 bits per heavy atom. The molecule has 0 aliphatic carbocycles. The number of amides is 1. The van der Waals surface area contributed by atoms with Crippen LogP contribution < -0.4 is 5.32 Å². The fourth-order valence-corrected chi connectivity index (χ4v) is 0.926. The van der Waals surface area contributed by atoms with Gasteiger partial charge in [0, 0.05) is 12.5 Å². The van der Waals surface area contributed by atoms with Crippen molar-refractivity contribution in [2.24, 2.45) is 0 Å². The van der Waals surface area contributed by atoms with Crippen LogP contribution in [0.15, 0.2) is 12.7 Å². The SMILES string of the molecule is C=CCC(=O)NC(CC)CC(=O)O. The highest BCUT2D eigenvalue weighted by molar-refractivity contribution is 5.78. The number of carboxylic acids is 1. The summed E-state index contributed by atoms with van der Waals surface area (Å²) in [5.41, 5.74) is 0. The summed E-state index contributed by atoms with van der Waals surface area (Å²) in [5.74, 6) is -1.08. The van der Waals surface area contributed by atoms with Crippen molar-refractivity contribution in [3.8, 4) is 0 Å². The average molecular weight is 185 g/mol. The molecule has 0 rings (SSSR count). The molecule has 13 heavy (non-hydrogen) atoms. The molecule has 0 spiro atoms. The summed E-state index contributed by atoms with van der Waals surface area (Å²) in [7, 11) is 0. The third-order valence-corrected chi connectivity index (χ3v) is 1.61.